The lowest BCUT2D eigenvalue weighted by molar-refractivity contribution is 0.0967. The van der Waals surface area contributed by atoms with Gasteiger partial charge >= 0.3 is 0 Å². The maximum absolute atomic E-state index is 12.0. The van der Waals surface area contributed by atoms with Crippen molar-refractivity contribution in [3.8, 4) is 0 Å². The number of hydrogen-bond donors (Lipinski definition) is 0. The highest BCUT2D eigenvalue weighted by molar-refractivity contribution is 6.30. The monoisotopic (exact) mass is 248 g/mol. The number of Topliss-reactive ketones (excluding diaryl/α,β-unsaturated/α-hetero) is 1. The first kappa shape index (κ1) is 11.9. The molecule has 0 saturated carbocycles. The van der Waals surface area contributed by atoms with Crippen LogP contribution in [-0.4, -0.2) is 15.6 Å². The average Bonchev–Trinajstić information content (AvgIpc) is 2.68. The van der Waals surface area contributed by atoms with Gasteiger partial charge in [0, 0.05) is 11.8 Å². The van der Waals surface area contributed by atoms with E-state index in [1.165, 1.54) is 11.8 Å². The van der Waals surface area contributed by atoms with Crippen LogP contribution < -0.4 is 0 Å². The van der Waals surface area contributed by atoms with Gasteiger partial charge in [-0.3, -0.25) is 9.48 Å². The first-order valence-electron chi connectivity index (χ1n) is 5.34. The molecule has 0 aliphatic heterocycles. The molecule has 0 N–H and O–H groups in total. The van der Waals surface area contributed by atoms with E-state index in [0.717, 1.165) is 5.56 Å². The number of carbonyl (C=O) groups is 1. The van der Waals surface area contributed by atoms with Crippen molar-refractivity contribution in [3.63, 3.8) is 0 Å². The third kappa shape index (κ3) is 2.74. The number of aryl methyl sites for hydroxylation is 2. The van der Waals surface area contributed by atoms with E-state index in [2.05, 4.69) is 5.10 Å². The molecule has 4 heteroatoms. The van der Waals surface area contributed by atoms with E-state index in [0.29, 0.717) is 10.6 Å². The summed E-state index contributed by atoms with van der Waals surface area (Å²) in [6, 6.07) is 5.71. The number of carbonyl (C=O) groups excluding carboxylic acids is 1. The Morgan fingerprint density at radius 1 is 1.35 bits per heavy atom. The van der Waals surface area contributed by atoms with Gasteiger partial charge in [-0.25, -0.2) is 0 Å². The molecule has 0 atom stereocenters. The van der Waals surface area contributed by atoms with Gasteiger partial charge in [-0.1, -0.05) is 23.7 Å². The van der Waals surface area contributed by atoms with Crippen LogP contribution >= 0.6 is 11.6 Å². The summed E-state index contributed by atoms with van der Waals surface area (Å²) in [6.45, 7) is 4.24. The standard InChI is InChI=1S/C13H13ClN2O/c1-9-3-4-11(5-10(9)2)13(17)8-16-7-12(14)6-15-16/h3-7H,8H2,1-2H3. The number of rotatable bonds is 3. The van der Waals surface area contributed by atoms with Crippen molar-refractivity contribution in [2.24, 2.45) is 0 Å². The van der Waals surface area contributed by atoms with E-state index >= 15 is 0 Å². The summed E-state index contributed by atoms with van der Waals surface area (Å²) in [5.74, 6) is 0.0351. The Balaban J connectivity index is 2.17. The molecule has 0 bridgehead atoms. The van der Waals surface area contributed by atoms with Gasteiger partial charge in [-0.05, 0) is 31.0 Å². The fourth-order valence-corrected chi connectivity index (χ4v) is 1.73. The first-order chi connectivity index (χ1) is 8.06. The molecule has 0 aliphatic rings. The Hall–Kier alpha value is -1.61. The van der Waals surface area contributed by atoms with E-state index in [4.69, 9.17) is 11.6 Å². The summed E-state index contributed by atoms with van der Waals surface area (Å²) >= 11 is 5.74. The van der Waals surface area contributed by atoms with Gasteiger partial charge in [0.2, 0.25) is 0 Å². The average molecular weight is 249 g/mol. The minimum atomic E-state index is 0.0351. The zero-order valence-corrected chi connectivity index (χ0v) is 10.5. The third-order valence-electron chi connectivity index (χ3n) is 2.74. The van der Waals surface area contributed by atoms with Gasteiger partial charge in [-0.15, -0.1) is 0 Å². The smallest absolute Gasteiger partial charge is 0.184 e. The van der Waals surface area contributed by atoms with Crippen molar-refractivity contribution < 1.29 is 4.79 Å². The predicted molar refractivity (Wildman–Crippen MR) is 67.5 cm³/mol. The zero-order valence-electron chi connectivity index (χ0n) is 9.77. The van der Waals surface area contributed by atoms with Gasteiger partial charge in [0.1, 0.15) is 6.54 Å². The van der Waals surface area contributed by atoms with E-state index in [1.54, 1.807) is 10.9 Å². The second-order valence-electron chi connectivity index (χ2n) is 4.08. The molecule has 1 aromatic carbocycles. The second-order valence-corrected chi connectivity index (χ2v) is 4.51. The second kappa shape index (κ2) is 4.72. The van der Waals surface area contributed by atoms with Crippen LogP contribution in [0.2, 0.25) is 5.02 Å². The number of hydrogen-bond acceptors (Lipinski definition) is 2. The maximum Gasteiger partial charge on any atom is 0.184 e. The normalized spacial score (nSPS) is 10.5. The van der Waals surface area contributed by atoms with E-state index in [-0.39, 0.29) is 12.3 Å². The fourth-order valence-electron chi connectivity index (χ4n) is 1.58. The van der Waals surface area contributed by atoms with Crippen LogP contribution in [0.25, 0.3) is 0 Å². The van der Waals surface area contributed by atoms with Crippen molar-refractivity contribution in [2.45, 2.75) is 20.4 Å². The Labute approximate surface area is 105 Å². The summed E-state index contributed by atoms with van der Waals surface area (Å²) in [5, 5.41) is 4.52. The largest absolute Gasteiger partial charge is 0.292 e. The molecule has 1 aromatic heterocycles. The first-order valence-corrected chi connectivity index (χ1v) is 5.72. The molecule has 1 heterocycles. The molecule has 88 valence electrons. The van der Waals surface area contributed by atoms with Crippen LogP contribution in [0.15, 0.2) is 30.6 Å². The van der Waals surface area contributed by atoms with Crippen molar-refractivity contribution in [1.82, 2.24) is 9.78 Å². The van der Waals surface area contributed by atoms with Crippen LogP contribution in [0, 0.1) is 13.8 Å². The summed E-state index contributed by atoms with van der Waals surface area (Å²) in [7, 11) is 0. The lowest BCUT2D eigenvalue weighted by Crippen LogP contribution is -2.11. The van der Waals surface area contributed by atoms with Crippen LogP contribution in [0.1, 0.15) is 21.5 Å². The van der Waals surface area contributed by atoms with Gasteiger partial charge in [-0.2, -0.15) is 5.10 Å². The topological polar surface area (TPSA) is 34.9 Å². The Bertz CT molecular complexity index is 560. The maximum atomic E-state index is 12.0. The van der Waals surface area contributed by atoms with Gasteiger partial charge < -0.3 is 0 Å². The number of benzene rings is 1. The molecule has 3 nitrogen and oxygen atoms in total. The summed E-state index contributed by atoms with van der Waals surface area (Å²) in [5.41, 5.74) is 3.01. The third-order valence-corrected chi connectivity index (χ3v) is 2.93. The summed E-state index contributed by atoms with van der Waals surface area (Å²) in [6.07, 6.45) is 3.16. The quantitative estimate of drug-likeness (QED) is 0.783. The van der Waals surface area contributed by atoms with E-state index in [9.17, 15) is 4.79 Å². The van der Waals surface area contributed by atoms with Crippen molar-refractivity contribution in [2.75, 3.05) is 0 Å². The highest BCUT2D eigenvalue weighted by Gasteiger charge is 2.08. The minimum absolute atomic E-state index is 0.0351. The van der Waals surface area contributed by atoms with Crippen molar-refractivity contribution in [3.05, 3.63) is 52.3 Å². The Kier molecular flexibility index (Phi) is 3.29. The van der Waals surface area contributed by atoms with E-state index < -0.39 is 0 Å². The minimum Gasteiger partial charge on any atom is -0.292 e. The van der Waals surface area contributed by atoms with Gasteiger partial charge in [0.15, 0.2) is 5.78 Å². The molecular weight excluding hydrogens is 236 g/mol. The zero-order chi connectivity index (χ0) is 12.4. The summed E-state index contributed by atoms with van der Waals surface area (Å²) < 4.78 is 1.54. The van der Waals surface area contributed by atoms with Crippen LogP contribution in [0.4, 0.5) is 0 Å². The molecule has 0 spiro atoms. The highest BCUT2D eigenvalue weighted by atomic mass is 35.5. The molecule has 0 saturated heterocycles. The molecule has 0 aliphatic carbocycles. The predicted octanol–water partition coefficient (Wildman–Crippen LogP) is 3.04. The molecule has 0 fully saturated rings. The van der Waals surface area contributed by atoms with Crippen LogP contribution in [0.3, 0.4) is 0 Å². The molecule has 2 rings (SSSR count). The SMILES string of the molecule is Cc1ccc(C(=O)Cn2cc(Cl)cn2)cc1C. The summed E-state index contributed by atoms with van der Waals surface area (Å²) in [4.78, 5) is 12.0. The van der Waals surface area contributed by atoms with E-state index in [1.807, 2.05) is 32.0 Å². The molecule has 17 heavy (non-hydrogen) atoms. The number of ketones is 1. The molecular formula is C13H13ClN2O. The molecule has 2 aromatic rings. The number of nitrogens with zero attached hydrogens (tertiary/aromatic N) is 2. The lowest BCUT2D eigenvalue weighted by Gasteiger charge is -2.04. The molecule has 0 radical (unpaired) electrons. The van der Waals surface area contributed by atoms with Gasteiger partial charge in [0.05, 0.1) is 11.2 Å². The van der Waals surface area contributed by atoms with Crippen LogP contribution in [-0.2, 0) is 6.54 Å². The van der Waals surface area contributed by atoms with Crippen molar-refractivity contribution >= 4 is 17.4 Å². The number of aromatic nitrogens is 2. The Morgan fingerprint density at radius 2 is 2.12 bits per heavy atom. The molecule has 0 amide bonds. The van der Waals surface area contributed by atoms with Crippen LogP contribution in [0.5, 0.6) is 0 Å². The number of halogens is 1. The Morgan fingerprint density at radius 3 is 2.71 bits per heavy atom. The highest BCUT2D eigenvalue weighted by Crippen LogP contribution is 2.12. The molecule has 0 unspecified atom stereocenters. The lowest BCUT2D eigenvalue weighted by atomic mass is 10.0. The van der Waals surface area contributed by atoms with Crippen molar-refractivity contribution in [1.29, 1.82) is 0 Å². The van der Waals surface area contributed by atoms with Gasteiger partial charge in [0.25, 0.3) is 0 Å². The fraction of sp³-hybridized carbons (Fsp3) is 0.231.